The second-order valence-electron chi connectivity index (χ2n) is 25.1. The van der Waals surface area contributed by atoms with E-state index >= 15 is 0 Å². The summed E-state index contributed by atoms with van der Waals surface area (Å²) >= 11 is 0. The molecule has 0 aliphatic carbocycles. The van der Waals surface area contributed by atoms with Gasteiger partial charge in [-0.2, -0.15) is 4.72 Å². The molecule has 0 saturated heterocycles. The number of Topliss-reactive ketones (excluding diaryl/α,β-unsaturated/α-hetero) is 1. The number of esters is 3. The molecule has 500 valence electrons. The molecule has 24 nitrogen and oxygen atoms in total. The number of benzene rings is 2. The van der Waals surface area contributed by atoms with E-state index in [2.05, 4.69) is 36.3 Å². The van der Waals surface area contributed by atoms with Crippen molar-refractivity contribution in [1.82, 2.24) is 31.0 Å². The van der Waals surface area contributed by atoms with Crippen LogP contribution >= 0.6 is 0 Å². The number of ketones is 1. The Morgan fingerprint density at radius 1 is 0.722 bits per heavy atom. The number of rotatable bonds is 38. The summed E-state index contributed by atoms with van der Waals surface area (Å²) in [6, 6.07) is 10.5. The highest BCUT2D eigenvalue weighted by molar-refractivity contribution is 7.89. The molecule has 3 rings (SSSR count). The highest BCUT2D eigenvalue weighted by Gasteiger charge is 2.32. The topological polar surface area (TPSA) is 329 Å². The molecule has 2 unspecified atom stereocenters. The zero-order valence-corrected chi connectivity index (χ0v) is 56.1. The maximum absolute atomic E-state index is 13.9. The van der Waals surface area contributed by atoms with Gasteiger partial charge >= 0.3 is 24.0 Å². The number of hydrogen-bond acceptors (Lipinski definition) is 19. The minimum Gasteiger partial charge on any atom is -0.494 e. The van der Waals surface area contributed by atoms with Crippen LogP contribution in [0.15, 0.2) is 59.6 Å². The molecule has 25 heteroatoms. The highest BCUT2D eigenvalue weighted by Crippen LogP contribution is 2.28. The third-order valence-corrected chi connectivity index (χ3v) is 15.6. The second kappa shape index (κ2) is 37.0. The predicted octanol–water partition coefficient (Wildman–Crippen LogP) is 8.18. The molecule has 0 saturated carbocycles. The van der Waals surface area contributed by atoms with Crippen LogP contribution in [-0.2, 0) is 57.7 Å². The van der Waals surface area contributed by atoms with Crippen molar-refractivity contribution in [1.29, 1.82) is 5.41 Å². The molecular weight excluding hydrogens is 1180 g/mol. The summed E-state index contributed by atoms with van der Waals surface area (Å²) in [6.07, 6.45) is 6.46. The first-order chi connectivity index (χ1) is 42.2. The zero-order chi connectivity index (χ0) is 67.4. The van der Waals surface area contributed by atoms with Crippen molar-refractivity contribution in [3.05, 3.63) is 77.0 Å². The number of carbonyl (C=O) groups excluding carboxylic acids is 8. The molecule has 3 aromatic rings. The quantitative estimate of drug-likeness (QED) is 0.0123. The van der Waals surface area contributed by atoms with Crippen LogP contribution in [0.1, 0.15) is 174 Å². The highest BCUT2D eigenvalue weighted by atomic mass is 32.2. The van der Waals surface area contributed by atoms with Crippen LogP contribution < -0.4 is 40.9 Å². The Bertz CT molecular complexity index is 2970. The van der Waals surface area contributed by atoms with Crippen LogP contribution in [0, 0.1) is 31.1 Å². The summed E-state index contributed by atoms with van der Waals surface area (Å²) in [6.45, 7) is 23.6. The second-order valence-corrected chi connectivity index (χ2v) is 26.8. The number of ether oxygens (including phenoxy) is 5. The van der Waals surface area contributed by atoms with Gasteiger partial charge in [0.05, 0.1) is 31.2 Å². The fourth-order valence-electron chi connectivity index (χ4n) is 9.45. The number of aromatic nitrogens is 1. The van der Waals surface area contributed by atoms with Crippen molar-refractivity contribution in [2.45, 2.75) is 194 Å². The first kappa shape index (κ1) is 76.7. The van der Waals surface area contributed by atoms with Gasteiger partial charge in [0, 0.05) is 87.1 Å². The number of nitrogens with one attached hydrogen (secondary N) is 7. The number of nitrogens with zero attached hydrogens (tertiary/aromatic N) is 2. The van der Waals surface area contributed by atoms with E-state index in [4.69, 9.17) is 29.1 Å². The van der Waals surface area contributed by atoms with Gasteiger partial charge in [-0.1, -0.05) is 39.2 Å². The van der Waals surface area contributed by atoms with Crippen molar-refractivity contribution in [3.63, 3.8) is 0 Å². The van der Waals surface area contributed by atoms with E-state index in [1.807, 2.05) is 13.8 Å². The summed E-state index contributed by atoms with van der Waals surface area (Å²) in [7, 11) is -3.33. The number of hydrogen-bond donors (Lipinski definition) is 7. The molecule has 0 bridgehead atoms. The maximum atomic E-state index is 13.9. The Hall–Kier alpha value is -7.51. The molecule has 4 amide bonds. The zero-order valence-electron chi connectivity index (χ0n) is 55.2. The lowest BCUT2D eigenvalue weighted by atomic mass is 9.84. The van der Waals surface area contributed by atoms with Gasteiger partial charge in [-0.05, 0) is 168 Å². The lowest BCUT2D eigenvalue weighted by Crippen LogP contribution is -2.49. The van der Waals surface area contributed by atoms with Gasteiger partial charge in [-0.3, -0.25) is 43.8 Å². The molecule has 0 fully saturated rings. The summed E-state index contributed by atoms with van der Waals surface area (Å²) in [5, 5.41) is 22.6. The average molecular weight is 1280 g/mol. The molecule has 0 aliphatic heterocycles. The molecule has 90 heavy (non-hydrogen) atoms. The molecular formula is C65H99N9O15S. The molecule has 4 atom stereocenters. The Morgan fingerprint density at radius 3 is 1.97 bits per heavy atom. The number of methoxy groups -OCH3 is 1. The van der Waals surface area contributed by atoms with Crippen molar-refractivity contribution < 1.29 is 70.5 Å². The lowest BCUT2D eigenvalue weighted by Gasteiger charge is -2.27. The van der Waals surface area contributed by atoms with Crippen LogP contribution in [0.3, 0.4) is 0 Å². The van der Waals surface area contributed by atoms with Crippen molar-refractivity contribution >= 4 is 75.2 Å². The van der Waals surface area contributed by atoms with E-state index in [1.165, 1.54) is 29.2 Å². The van der Waals surface area contributed by atoms with Gasteiger partial charge < -0.3 is 50.4 Å². The third kappa shape index (κ3) is 28.5. The number of aryl methyl sites for hydroxylation is 2. The fraction of sp³-hybridized carbons (Fsp3) is 0.600. The molecule has 2 aromatic carbocycles. The van der Waals surface area contributed by atoms with E-state index in [9.17, 15) is 46.8 Å². The Labute approximate surface area is 532 Å². The normalized spacial score (nSPS) is 13.1. The minimum atomic E-state index is -4.41. The van der Waals surface area contributed by atoms with Crippen LogP contribution in [0.5, 0.6) is 5.75 Å². The number of sulfonamides is 1. The van der Waals surface area contributed by atoms with Crippen LogP contribution in [0.2, 0.25) is 0 Å². The number of amides is 4. The molecule has 1 aromatic heterocycles. The smallest absolute Gasteiger partial charge is 0.416 e. The SMILES string of the molecule is CCC(C)[C@@H](CCC(=O)OC(C)(C)C)C(=O)CNC(CCCCCC(=O)OC(C)(C)C)C(=O)NCCNC(=O)CCCOc1cc(C)c(S(=O)(=O)N[C@@H](CNC(=O)c2ccc(NCCCN(C(=O)OC(C)(C)C)c3ccccn3)c(C=N)c2)C(=O)OC)c(C)c1. The fourth-order valence-corrected chi connectivity index (χ4v) is 11.1. The first-order valence-corrected chi connectivity index (χ1v) is 32.3. The summed E-state index contributed by atoms with van der Waals surface area (Å²) in [4.78, 5) is 110. The van der Waals surface area contributed by atoms with E-state index in [-0.39, 0.29) is 98.0 Å². The monoisotopic (exact) mass is 1280 g/mol. The number of pyridine rings is 1. The average Bonchev–Trinajstić information content (AvgIpc) is 0.965. The Balaban J connectivity index is 1.54. The Morgan fingerprint density at radius 2 is 1.37 bits per heavy atom. The number of unbranched alkanes of at least 4 members (excludes halogenated alkanes) is 2. The maximum Gasteiger partial charge on any atom is 0.416 e. The largest absolute Gasteiger partial charge is 0.494 e. The first-order valence-electron chi connectivity index (χ1n) is 30.8. The van der Waals surface area contributed by atoms with Crippen LogP contribution in [0.4, 0.5) is 16.3 Å². The van der Waals surface area contributed by atoms with Gasteiger partial charge in [0.15, 0.2) is 0 Å². The van der Waals surface area contributed by atoms with E-state index in [1.54, 1.807) is 107 Å². The van der Waals surface area contributed by atoms with Crippen LogP contribution in [-0.4, -0.2) is 149 Å². The minimum absolute atomic E-state index is 0.0106. The third-order valence-electron chi connectivity index (χ3n) is 13.9. The van der Waals surface area contributed by atoms with Crippen molar-refractivity contribution in [3.8, 4) is 5.75 Å². The van der Waals surface area contributed by atoms with Gasteiger partial charge in [0.25, 0.3) is 5.91 Å². The molecule has 7 N–H and O–H groups in total. The summed E-state index contributed by atoms with van der Waals surface area (Å²) in [5.41, 5.74) is -0.344. The van der Waals surface area contributed by atoms with Gasteiger partial charge in [0.2, 0.25) is 21.8 Å². The van der Waals surface area contributed by atoms with E-state index in [0.717, 1.165) is 19.7 Å². The Kier molecular flexibility index (Phi) is 31.5. The predicted molar refractivity (Wildman–Crippen MR) is 344 cm³/mol. The standard InChI is InChI=1S/C65H99N9O15S/c1-15-43(2)49(28-30-57(78)88-64(8,9)10)53(75)42-71-51(23-17-16-18-26-56(77)87-63(5,6)7)60(80)70-34-33-69-55(76)25-21-36-86-48-37-44(3)58(45(4)38-48)90(83,84)73-52(61(81)85-14)41-72-59(79)46-27-29-50(47(39-46)40-66)67-32-22-35-74(54-24-19-20-31-68-54)62(82)89-65(11,12)13/h19-20,24,27,29,31,37-40,43,49,51-52,66-67,71,73H,15-18,21-23,25-26,28,30,32-36,41-42H2,1-14H3,(H,69,76)(H,70,80)(H,72,79)/t43?,49-,51?,52+/m1/s1. The van der Waals surface area contributed by atoms with Gasteiger partial charge in [-0.15, -0.1) is 0 Å². The molecule has 0 radical (unpaired) electrons. The molecule has 0 spiro atoms. The van der Waals surface area contributed by atoms with Gasteiger partial charge in [0.1, 0.15) is 40.2 Å². The summed E-state index contributed by atoms with van der Waals surface area (Å²) < 4.78 is 57.5. The van der Waals surface area contributed by atoms with Crippen molar-refractivity contribution in [2.24, 2.45) is 11.8 Å². The summed E-state index contributed by atoms with van der Waals surface area (Å²) in [5.74, 6) is -2.73. The lowest BCUT2D eigenvalue weighted by molar-refractivity contribution is -0.156. The number of carbonyl (C=O) groups is 8. The number of anilines is 2. The molecule has 0 aliphatic rings. The van der Waals surface area contributed by atoms with Gasteiger partial charge in [-0.25, -0.2) is 18.2 Å². The van der Waals surface area contributed by atoms with Crippen molar-refractivity contribution in [2.75, 3.05) is 63.2 Å². The van der Waals surface area contributed by atoms with Crippen LogP contribution in [0.25, 0.3) is 0 Å². The molecule has 1 heterocycles. The van der Waals surface area contributed by atoms with E-state index in [0.29, 0.717) is 85.4 Å². The van der Waals surface area contributed by atoms with E-state index < -0.39 is 69.3 Å².